The first-order valence-electron chi connectivity index (χ1n) is 12.2. The molecule has 3 fully saturated rings. The number of urea groups is 1. The van der Waals surface area contributed by atoms with Crippen molar-refractivity contribution in [3.8, 4) is 0 Å². The SMILES string of the molecule is Cl.O=C(CCc1ccc(N2CCN(CCC3CCNCC3)C2=O)cc1)OC1CCCCC1. The third kappa shape index (κ3) is 6.85. The monoisotopic (exact) mass is 463 g/mol. The van der Waals surface area contributed by atoms with E-state index in [4.69, 9.17) is 4.74 Å². The van der Waals surface area contributed by atoms with Crippen molar-refractivity contribution in [1.82, 2.24) is 10.2 Å². The van der Waals surface area contributed by atoms with Crippen molar-refractivity contribution < 1.29 is 14.3 Å². The minimum atomic E-state index is -0.0879. The van der Waals surface area contributed by atoms with Gasteiger partial charge in [-0.2, -0.15) is 0 Å². The molecule has 32 heavy (non-hydrogen) atoms. The van der Waals surface area contributed by atoms with Gasteiger partial charge in [-0.25, -0.2) is 4.79 Å². The Labute approximate surface area is 198 Å². The molecule has 3 aliphatic rings. The molecule has 2 saturated heterocycles. The molecule has 0 spiro atoms. The Kier molecular flexibility index (Phi) is 9.67. The van der Waals surface area contributed by atoms with Crippen LogP contribution in [-0.4, -0.2) is 55.7 Å². The Bertz CT molecular complexity index is 730. The second-order valence-electron chi connectivity index (χ2n) is 9.32. The van der Waals surface area contributed by atoms with Crippen molar-refractivity contribution in [3.05, 3.63) is 29.8 Å². The fourth-order valence-corrected chi connectivity index (χ4v) is 5.06. The zero-order chi connectivity index (χ0) is 21.5. The molecule has 1 N–H and O–H groups in total. The Hall–Kier alpha value is -1.79. The van der Waals surface area contributed by atoms with Crippen LogP contribution in [0, 0.1) is 5.92 Å². The van der Waals surface area contributed by atoms with Crippen molar-refractivity contribution >= 4 is 30.1 Å². The van der Waals surface area contributed by atoms with E-state index >= 15 is 0 Å². The number of aryl methyl sites for hydroxylation is 1. The molecule has 6 nitrogen and oxygen atoms in total. The first-order chi connectivity index (χ1) is 15.2. The highest BCUT2D eigenvalue weighted by Gasteiger charge is 2.30. The third-order valence-electron chi connectivity index (χ3n) is 7.08. The van der Waals surface area contributed by atoms with E-state index in [2.05, 4.69) is 5.32 Å². The zero-order valence-corrected chi connectivity index (χ0v) is 19.9. The minimum absolute atomic E-state index is 0. The third-order valence-corrected chi connectivity index (χ3v) is 7.08. The summed E-state index contributed by atoms with van der Waals surface area (Å²) in [5.41, 5.74) is 2.06. The molecular formula is C25H38ClN3O3. The highest BCUT2D eigenvalue weighted by Crippen LogP contribution is 2.24. The van der Waals surface area contributed by atoms with Crippen LogP contribution in [0.5, 0.6) is 0 Å². The average Bonchev–Trinajstić information content (AvgIpc) is 3.18. The van der Waals surface area contributed by atoms with E-state index in [9.17, 15) is 9.59 Å². The zero-order valence-electron chi connectivity index (χ0n) is 19.1. The summed E-state index contributed by atoms with van der Waals surface area (Å²) in [4.78, 5) is 28.9. The van der Waals surface area contributed by atoms with Gasteiger partial charge in [0, 0.05) is 31.7 Å². The van der Waals surface area contributed by atoms with Gasteiger partial charge in [0.15, 0.2) is 0 Å². The van der Waals surface area contributed by atoms with Crippen molar-refractivity contribution in [1.29, 1.82) is 0 Å². The molecule has 1 saturated carbocycles. The number of hydrogen-bond donors (Lipinski definition) is 1. The van der Waals surface area contributed by atoms with E-state index in [1.807, 2.05) is 34.1 Å². The Balaban J connectivity index is 0.00000289. The van der Waals surface area contributed by atoms with E-state index in [1.165, 1.54) is 32.1 Å². The summed E-state index contributed by atoms with van der Waals surface area (Å²) >= 11 is 0. The molecule has 178 valence electrons. The van der Waals surface area contributed by atoms with Gasteiger partial charge < -0.3 is 15.0 Å². The summed E-state index contributed by atoms with van der Waals surface area (Å²) in [7, 11) is 0. The number of halogens is 1. The summed E-state index contributed by atoms with van der Waals surface area (Å²) in [6.45, 7) is 4.63. The summed E-state index contributed by atoms with van der Waals surface area (Å²) < 4.78 is 5.61. The lowest BCUT2D eigenvalue weighted by Crippen LogP contribution is -2.34. The molecule has 2 heterocycles. The first-order valence-corrected chi connectivity index (χ1v) is 12.2. The molecule has 1 aliphatic carbocycles. The summed E-state index contributed by atoms with van der Waals surface area (Å²) in [6.07, 6.45) is 10.4. The van der Waals surface area contributed by atoms with Gasteiger partial charge in [0.25, 0.3) is 0 Å². The number of nitrogens with zero attached hydrogens (tertiary/aromatic N) is 2. The normalized spacial score (nSPS) is 20.3. The second-order valence-corrected chi connectivity index (χ2v) is 9.32. The van der Waals surface area contributed by atoms with E-state index in [1.54, 1.807) is 0 Å². The van der Waals surface area contributed by atoms with Crippen molar-refractivity contribution in [2.45, 2.75) is 70.3 Å². The predicted molar refractivity (Wildman–Crippen MR) is 130 cm³/mol. The van der Waals surface area contributed by atoms with Gasteiger partial charge in [-0.15, -0.1) is 12.4 Å². The number of piperidine rings is 1. The number of rotatable bonds is 8. The van der Waals surface area contributed by atoms with E-state index < -0.39 is 0 Å². The maximum atomic E-state index is 12.8. The maximum Gasteiger partial charge on any atom is 0.324 e. The number of carbonyl (C=O) groups excluding carboxylic acids is 2. The van der Waals surface area contributed by atoms with Crippen LogP contribution in [0.3, 0.4) is 0 Å². The standard InChI is InChI=1S/C25H37N3O3.ClH/c29-24(31-23-4-2-1-3-5-23)11-8-20-6-9-22(10-7-20)28-19-18-27(25(28)30)17-14-21-12-15-26-16-13-21;/h6-7,9-10,21,23,26H,1-5,8,11-19H2;1H. The van der Waals surface area contributed by atoms with E-state index in [-0.39, 0.29) is 30.5 Å². The molecule has 0 atom stereocenters. The minimum Gasteiger partial charge on any atom is -0.462 e. The number of esters is 1. The fourth-order valence-electron chi connectivity index (χ4n) is 5.06. The Morgan fingerprint density at radius 2 is 1.72 bits per heavy atom. The van der Waals surface area contributed by atoms with Crippen LogP contribution in [-0.2, 0) is 16.0 Å². The van der Waals surface area contributed by atoms with E-state index in [0.717, 1.165) is 69.2 Å². The molecule has 2 amide bonds. The van der Waals surface area contributed by atoms with Gasteiger partial charge in [0.05, 0.1) is 0 Å². The van der Waals surface area contributed by atoms with Crippen LogP contribution in [0.15, 0.2) is 24.3 Å². The number of amides is 2. The number of benzene rings is 1. The number of nitrogens with one attached hydrogen (secondary N) is 1. The highest BCUT2D eigenvalue weighted by atomic mass is 35.5. The van der Waals surface area contributed by atoms with E-state index in [0.29, 0.717) is 12.8 Å². The number of anilines is 1. The number of ether oxygens (including phenoxy) is 1. The van der Waals surface area contributed by atoms with Gasteiger partial charge >= 0.3 is 12.0 Å². The second kappa shape index (κ2) is 12.4. The van der Waals surface area contributed by atoms with Gasteiger partial charge in [-0.05, 0) is 88.1 Å². The quantitative estimate of drug-likeness (QED) is 0.574. The summed E-state index contributed by atoms with van der Waals surface area (Å²) in [5, 5.41) is 3.40. The lowest BCUT2D eigenvalue weighted by molar-refractivity contribution is -0.150. The highest BCUT2D eigenvalue weighted by molar-refractivity contribution is 5.94. The van der Waals surface area contributed by atoms with Crippen LogP contribution in [0.2, 0.25) is 0 Å². The molecule has 0 aromatic heterocycles. The lowest BCUT2D eigenvalue weighted by Gasteiger charge is -2.25. The molecular weight excluding hydrogens is 426 g/mol. The largest absolute Gasteiger partial charge is 0.462 e. The Morgan fingerprint density at radius 1 is 1.00 bits per heavy atom. The van der Waals surface area contributed by atoms with Gasteiger partial charge in [0.2, 0.25) is 0 Å². The van der Waals surface area contributed by atoms with Crippen LogP contribution in [0.1, 0.15) is 63.4 Å². The summed E-state index contributed by atoms with van der Waals surface area (Å²) in [6, 6.07) is 8.21. The number of hydrogen-bond acceptors (Lipinski definition) is 4. The Morgan fingerprint density at radius 3 is 2.44 bits per heavy atom. The molecule has 4 rings (SSSR count). The van der Waals surface area contributed by atoms with Crippen molar-refractivity contribution in [2.24, 2.45) is 5.92 Å². The summed E-state index contributed by atoms with van der Waals surface area (Å²) in [5.74, 6) is 0.655. The molecule has 0 unspecified atom stereocenters. The molecule has 2 aliphatic heterocycles. The van der Waals surface area contributed by atoms with Gasteiger partial charge in [0.1, 0.15) is 6.10 Å². The molecule has 1 aromatic carbocycles. The van der Waals surface area contributed by atoms with Gasteiger partial charge in [-0.3, -0.25) is 9.69 Å². The average molecular weight is 464 g/mol. The van der Waals surface area contributed by atoms with Crippen LogP contribution in [0.25, 0.3) is 0 Å². The first kappa shape index (κ1) is 24.8. The van der Waals surface area contributed by atoms with Crippen molar-refractivity contribution in [3.63, 3.8) is 0 Å². The molecule has 0 radical (unpaired) electrons. The predicted octanol–water partition coefficient (Wildman–Crippen LogP) is 4.55. The van der Waals surface area contributed by atoms with Crippen LogP contribution < -0.4 is 10.2 Å². The van der Waals surface area contributed by atoms with Crippen molar-refractivity contribution in [2.75, 3.05) is 37.6 Å². The van der Waals surface area contributed by atoms with Gasteiger partial charge in [-0.1, -0.05) is 18.6 Å². The molecule has 1 aromatic rings. The molecule has 0 bridgehead atoms. The lowest BCUT2D eigenvalue weighted by atomic mass is 9.94. The van der Waals surface area contributed by atoms with Crippen LogP contribution in [0.4, 0.5) is 10.5 Å². The van der Waals surface area contributed by atoms with Crippen LogP contribution >= 0.6 is 12.4 Å². The topological polar surface area (TPSA) is 61.9 Å². The fraction of sp³-hybridized carbons (Fsp3) is 0.680. The maximum absolute atomic E-state index is 12.8. The molecule has 7 heteroatoms. The number of carbonyl (C=O) groups is 2. The smallest absolute Gasteiger partial charge is 0.324 e.